The minimum Gasteiger partial charge on any atom is -0.481 e. The first-order valence-corrected chi connectivity index (χ1v) is 6.02. The van der Waals surface area contributed by atoms with Crippen molar-refractivity contribution in [3.63, 3.8) is 0 Å². The third-order valence-corrected chi connectivity index (χ3v) is 3.41. The van der Waals surface area contributed by atoms with Crippen LogP contribution in [0.1, 0.15) is 51.9 Å². The van der Waals surface area contributed by atoms with E-state index in [1.807, 2.05) is 0 Å². The minimum atomic E-state index is -0.623. The van der Waals surface area contributed by atoms with Crippen LogP contribution in [0.15, 0.2) is 0 Å². The molecule has 1 saturated heterocycles. The standard InChI is InChI=1S/C12H22O3/c1-2-3-4-5-6-12(11(13)14)7-9-15-10-8-12/h2-10H2,1H3,(H,13,14). The fourth-order valence-corrected chi connectivity index (χ4v) is 2.22. The molecule has 0 bridgehead atoms. The van der Waals surface area contributed by atoms with Gasteiger partial charge in [0, 0.05) is 13.2 Å². The summed E-state index contributed by atoms with van der Waals surface area (Å²) in [6.07, 6.45) is 6.82. The summed E-state index contributed by atoms with van der Waals surface area (Å²) in [4.78, 5) is 11.3. The van der Waals surface area contributed by atoms with Gasteiger partial charge in [-0.25, -0.2) is 0 Å². The van der Waals surface area contributed by atoms with E-state index in [1.54, 1.807) is 0 Å². The molecule has 0 aromatic heterocycles. The summed E-state index contributed by atoms with van der Waals surface area (Å²) in [5.41, 5.74) is -0.480. The molecule has 1 rings (SSSR count). The van der Waals surface area contributed by atoms with Crippen molar-refractivity contribution >= 4 is 5.97 Å². The summed E-state index contributed by atoms with van der Waals surface area (Å²) in [7, 11) is 0. The van der Waals surface area contributed by atoms with Crippen LogP contribution in [0.25, 0.3) is 0 Å². The molecule has 1 aliphatic heterocycles. The molecule has 0 amide bonds. The van der Waals surface area contributed by atoms with E-state index in [4.69, 9.17) is 4.74 Å². The predicted molar refractivity (Wildman–Crippen MR) is 58.9 cm³/mol. The van der Waals surface area contributed by atoms with Gasteiger partial charge < -0.3 is 9.84 Å². The Labute approximate surface area is 91.8 Å². The number of carboxylic acids is 1. The quantitative estimate of drug-likeness (QED) is 0.691. The number of carboxylic acid groups (broad SMARTS) is 1. The van der Waals surface area contributed by atoms with Crippen molar-refractivity contribution in [2.24, 2.45) is 5.41 Å². The number of ether oxygens (including phenoxy) is 1. The smallest absolute Gasteiger partial charge is 0.309 e. The van der Waals surface area contributed by atoms with E-state index in [0.717, 1.165) is 19.3 Å². The molecule has 0 saturated carbocycles. The summed E-state index contributed by atoms with van der Waals surface area (Å²) >= 11 is 0. The highest BCUT2D eigenvalue weighted by Crippen LogP contribution is 2.36. The monoisotopic (exact) mass is 214 g/mol. The van der Waals surface area contributed by atoms with Crippen LogP contribution in [0, 0.1) is 5.41 Å². The molecule has 0 atom stereocenters. The second kappa shape index (κ2) is 6.11. The lowest BCUT2D eigenvalue weighted by atomic mass is 9.76. The van der Waals surface area contributed by atoms with Crippen molar-refractivity contribution in [3.8, 4) is 0 Å². The fraction of sp³-hybridized carbons (Fsp3) is 0.917. The second-order valence-electron chi connectivity index (χ2n) is 4.51. The van der Waals surface area contributed by atoms with Crippen LogP contribution < -0.4 is 0 Å². The summed E-state index contributed by atoms with van der Waals surface area (Å²) in [6.45, 7) is 3.39. The predicted octanol–water partition coefficient (Wildman–Crippen LogP) is 2.84. The van der Waals surface area contributed by atoms with E-state index in [-0.39, 0.29) is 0 Å². The Balaban J connectivity index is 2.39. The highest BCUT2D eigenvalue weighted by Gasteiger charge is 2.39. The first-order chi connectivity index (χ1) is 7.21. The largest absolute Gasteiger partial charge is 0.481 e. The lowest BCUT2D eigenvalue weighted by Gasteiger charge is -2.33. The molecule has 3 heteroatoms. The van der Waals surface area contributed by atoms with E-state index < -0.39 is 11.4 Å². The first-order valence-electron chi connectivity index (χ1n) is 6.02. The molecule has 15 heavy (non-hydrogen) atoms. The zero-order valence-electron chi connectivity index (χ0n) is 9.63. The summed E-state index contributed by atoms with van der Waals surface area (Å²) < 4.78 is 5.24. The fourth-order valence-electron chi connectivity index (χ4n) is 2.22. The Kier molecular flexibility index (Phi) is 5.09. The molecular weight excluding hydrogens is 192 g/mol. The van der Waals surface area contributed by atoms with Crippen LogP contribution in [0.3, 0.4) is 0 Å². The Morgan fingerprint density at radius 2 is 1.93 bits per heavy atom. The molecule has 0 aliphatic carbocycles. The number of aliphatic carboxylic acids is 1. The topological polar surface area (TPSA) is 46.5 Å². The van der Waals surface area contributed by atoms with Gasteiger partial charge in [0.05, 0.1) is 5.41 Å². The van der Waals surface area contributed by atoms with Gasteiger partial charge >= 0.3 is 5.97 Å². The van der Waals surface area contributed by atoms with Gasteiger partial charge in [-0.15, -0.1) is 0 Å². The number of rotatable bonds is 6. The Bertz CT molecular complexity index is 195. The second-order valence-corrected chi connectivity index (χ2v) is 4.51. The van der Waals surface area contributed by atoms with Gasteiger partial charge in [0.25, 0.3) is 0 Å². The normalized spacial score (nSPS) is 20.1. The maximum atomic E-state index is 11.3. The van der Waals surface area contributed by atoms with Gasteiger partial charge in [0.1, 0.15) is 0 Å². The van der Waals surface area contributed by atoms with Gasteiger partial charge in [-0.2, -0.15) is 0 Å². The molecule has 3 nitrogen and oxygen atoms in total. The molecule has 1 heterocycles. The van der Waals surface area contributed by atoms with E-state index in [2.05, 4.69) is 6.92 Å². The molecule has 0 aromatic carbocycles. The van der Waals surface area contributed by atoms with Crippen LogP contribution in [0.5, 0.6) is 0 Å². The molecule has 0 spiro atoms. The van der Waals surface area contributed by atoms with Crippen molar-refractivity contribution in [1.29, 1.82) is 0 Å². The van der Waals surface area contributed by atoms with Gasteiger partial charge in [-0.05, 0) is 19.3 Å². The Hall–Kier alpha value is -0.570. The number of carbonyl (C=O) groups is 1. The number of hydrogen-bond donors (Lipinski definition) is 1. The van der Waals surface area contributed by atoms with Crippen LogP contribution in [-0.2, 0) is 9.53 Å². The average Bonchev–Trinajstić information content (AvgIpc) is 2.26. The Morgan fingerprint density at radius 1 is 1.27 bits per heavy atom. The summed E-state index contributed by atoms with van der Waals surface area (Å²) in [5, 5.41) is 9.29. The SMILES string of the molecule is CCCCCCC1(C(=O)O)CCOCC1. The van der Waals surface area contributed by atoms with E-state index in [9.17, 15) is 9.90 Å². The van der Waals surface area contributed by atoms with Crippen molar-refractivity contribution in [1.82, 2.24) is 0 Å². The van der Waals surface area contributed by atoms with Gasteiger partial charge in [-0.3, -0.25) is 4.79 Å². The maximum absolute atomic E-state index is 11.3. The van der Waals surface area contributed by atoms with Crippen molar-refractivity contribution < 1.29 is 14.6 Å². The molecule has 1 aliphatic rings. The van der Waals surface area contributed by atoms with Crippen LogP contribution in [-0.4, -0.2) is 24.3 Å². The zero-order chi connectivity index (χ0) is 11.1. The van der Waals surface area contributed by atoms with Gasteiger partial charge in [-0.1, -0.05) is 32.6 Å². The van der Waals surface area contributed by atoms with Crippen LogP contribution >= 0.6 is 0 Å². The van der Waals surface area contributed by atoms with Crippen LogP contribution in [0.4, 0.5) is 0 Å². The van der Waals surface area contributed by atoms with E-state index in [0.29, 0.717) is 26.1 Å². The van der Waals surface area contributed by atoms with Crippen molar-refractivity contribution in [2.45, 2.75) is 51.9 Å². The van der Waals surface area contributed by atoms with Crippen molar-refractivity contribution in [2.75, 3.05) is 13.2 Å². The molecule has 1 N–H and O–H groups in total. The van der Waals surface area contributed by atoms with Crippen molar-refractivity contribution in [3.05, 3.63) is 0 Å². The Morgan fingerprint density at radius 3 is 2.47 bits per heavy atom. The highest BCUT2D eigenvalue weighted by molar-refractivity contribution is 5.74. The average molecular weight is 214 g/mol. The number of hydrogen-bond acceptors (Lipinski definition) is 2. The molecule has 0 aromatic rings. The lowest BCUT2D eigenvalue weighted by molar-refractivity contribution is -0.155. The molecule has 1 fully saturated rings. The molecule has 0 radical (unpaired) electrons. The van der Waals surface area contributed by atoms with Gasteiger partial charge in [0.2, 0.25) is 0 Å². The zero-order valence-corrected chi connectivity index (χ0v) is 9.63. The van der Waals surface area contributed by atoms with E-state index >= 15 is 0 Å². The lowest BCUT2D eigenvalue weighted by Crippen LogP contribution is -2.37. The molecule has 0 unspecified atom stereocenters. The third-order valence-electron chi connectivity index (χ3n) is 3.41. The minimum absolute atomic E-state index is 0.480. The first kappa shape index (κ1) is 12.5. The number of unbranched alkanes of at least 4 members (excludes halogenated alkanes) is 3. The summed E-state index contributed by atoms with van der Waals surface area (Å²) in [5.74, 6) is -0.623. The summed E-state index contributed by atoms with van der Waals surface area (Å²) in [6, 6.07) is 0. The van der Waals surface area contributed by atoms with Gasteiger partial charge in [0.15, 0.2) is 0 Å². The van der Waals surface area contributed by atoms with Crippen LogP contribution in [0.2, 0.25) is 0 Å². The highest BCUT2D eigenvalue weighted by atomic mass is 16.5. The molecular formula is C12H22O3. The van der Waals surface area contributed by atoms with E-state index in [1.165, 1.54) is 12.8 Å². The maximum Gasteiger partial charge on any atom is 0.309 e. The third kappa shape index (κ3) is 3.49. The molecule has 88 valence electrons.